The van der Waals surface area contributed by atoms with Crippen molar-refractivity contribution in [1.29, 1.82) is 0 Å². The first-order chi connectivity index (χ1) is 12.4. The molecule has 0 aromatic heterocycles. The molecule has 0 aliphatic heterocycles. The van der Waals surface area contributed by atoms with Crippen LogP contribution in [0.4, 0.5) is 0 Å². The van der Waals surface area contributed by atoms with Crippen LogP contribution in [0.1, 0.15) is 0 Å². The van der Waals surface area contributed by atoms with Gasteiger partial charge in [-0.25, -0.2) is 0 Å². The largest absolute Gasteiger partial charge is 0.456 e. The Morgan fingerprint density at radius 1 is 0.385 bits per heavy atom. The maximum Gasteiger partial charge on any atom is 0.135 e. The van der Waals surface area contributed by atoms with E-state index in [1.165, 1.54) is 0 Å². The van der Waals surface area contributed by atoms with Crippen molar-refractivity contribution < 1.29 is 4.74 Å². The first-order valence-electron chi connectivity index (χ1n) is 8.38. The predicted octanol–water partition coefficient (Wildman–Crippen LogP) is 6.16. The second-order valence-corrected chi connectivity index (χ2v) is 5.83. The molecule has 0 saturated carbocycles. The van der Waals surface area contributed by atoms with Gasteiger partial charge in [-0.1, -0.05) is 97.1 Å². The topological polar surface area (TPSA) is 9.23 Å². The van der Waals surface area contributed by atoms with Crippen LogP contribution in [0, 0.1) is 0 Å². The molecule has 0 N–H and O–H groups in total. The quantitative estimate of drug-likeness (QED) is 0.395. The van der Waals surface area contributed by atoms with Crippen molar-refractivity contribution in [3.8, 4) is 33.8 Å². The first-order valence-corrected chi connectivity index (χ1v) is 8.38. The van der Waals surface area contributed by atoms with Crippen LogP contribution in [0.2, 0.25) is 0 Å². The van der Waals surface area contributed by atoms with Gasteiger partial charge in [-0.05, 0) is 23.3 Å². The Balaban J connectivity index is 0.00000196. The average Bonchev–Trinajstić information content (AvgIpc) is 2.70. The van der Waals surface area contributed by atoms with Gasteiger partial charge in [-0.15, -0.1) is 0 Å². The van der Waals surface area contributed by atoms with E-state index in [2.05, 4.69) is 36.4 Å². The number of rotatable bonds is 4. The van der Waals surface area contributed by atoms with Gasteiger partial charge >= 0.3 is 51.4 Å². The van der Waals surface area contributed by atoms with Gasteiger partial charge in [0, 0.05) is 11.1 Å². The molecule has 4 aromatic carbocycles. The van der Waals surface area contributed by atoms with Gasteiger partial charge in [0.25, 0.3) is 0 Å². The minimum absolute atomic E-state index is 0. The normalized spacial score (nSPS) is 10.0. The Morgan fingerprint density at radius 3 is 1.15 bits per heavy atom. The summed E-state index contributed by atoms with van der Waals surface area (Å²) in [5.41, 5.74) is 4.47. The van der Waals surface area contributed by atoms with Crippen molar-refractivity contribution in [1.82, 2.24) is 0 Å². The Kier molecular flexibility index (Phi) is 6.84. The van der Waals surface area contributed by atoms with Crippen LogP contribution in [0.15, 0.2) is 109 Å². The van der Waals surface area contributed by atoms with Gasteiger partial charge in [-0.2, -0.15) is 0 Å². The van der Waals surface area contributed by atoms with E-state index in [0.717, 1.165) is 33.8 Å². The number of hydrogen-bond donors (Lipinski definition) is 0. The third-order valence-corrected chi connectivity index (χ3v) is 4.16. The molecule has 2 heteroatoms. The molecule has 0 aliphatic carbocycles. The fourth-order valence-electron chi connectivity index (χ4n) is 2.94. The van der Waals surface area contributed by atoms with Crippen molar-refractivity contribution in [3.05, 3.63) is 109 Å². The van der Waals surface area contributed by atoms with Gasteiger partial charge in [0.2, 0.25) is 0 Å². The van der Waals surface area contributed by atoms with Crippen molar-refractivity contribution in [3.63, 3.8) is 0 Å². The molecule has 4 aromatic rings. The van der Waals surface area contributed by atoms with Crippen molar-refractivity contribution in [2.45, 2.75) is 0 Å². The maximum absolute atomic E-state index is 6.35. The molecule has 0 spiro atoms. The first kappa shape index (κ1) is 19.1. The van der Waals surface area contributed by atoms with Crippen molar-refractivity contribution >= 4 is 51.4 Å². The number of hydrogen-bond acceptors (Lipinski definition) is 1. The second kappa shape index (κ2) is 9.31. The zero-order valence-electron chi connectivity index (χ0n) is 13.8. The fourth-order valence-corrected chi connectivity index (χ4v) is 2.94. The zero-order valence-corrected chi connectivity index (χ0v) is 13.8. The molecule has 0 heterocycles. The SMILES string of the molecule is [KH].c1ccc(-c2ccccc2Oc2ccccc2-c2ccccc2)cc1. The molecule has 0 unspecified atom stereocenters. The zero-order chi connectivity index (χ0) is 16.9. The van der Waals surface area contributed by atoms with E-state index >= 15 is 0 Å². The molecule has 0 amide bonds. The third-order valence-electron chi connectivity index (χ3n) is 4.16. The predicted molar refractivity (Wildman–Crippen MR) is 111 cm³/mol. The summed E-state index contributed by atoms with van der Waals surface area (Å²) in [6.07, 6.45) is 0. The van der Waals surface area contributed by atoms with Crippen LogP contribution < -0.4 is 4.74 Å². The minimum atomic E-state index is 0. The molecule has 0 bridgehead atoms. The smallest absolute Gasteiger partial charge is 0.135 e. The molecular formula is C24H19KO. The van der Waals surface area contributed by atoms with Gasteiger partial charge < -0.3 is 4.74 Å². The molecule has 26 heavy (non-hydrogen) atoms. The van der Waals surface area contributed by atoms with Crippen molar-refractivity contribution in [2.24, 2.45) is 0 Å². The average molecular weight is 363 g/mol. The van der Waals surface area contributed by atoms with E-state index in [0.29, 0.717) is 0 Å². The Morgan fingerprint density at radius 2 is 0.731 bits per heavy atom. The third kappa shape index (κ3) is 4.34. The van der Waals surface area contributed by atoms with E-state index in [1.807, 2.05) is 72.8 Å². The van der Waals surface area contributed by atoms with Crippen LogP contribution in [-0.4, -0.2) is 51.4 Å². The van der Waals surface area contributed by atoms with E-state index in [-0.39, 0.29) is 51.4 Å². The summed E-state index contributed by atoms with van der Waals surface area (Å²) in [6.45, 7) is 0. The van der Waals surface area contributed by atoms with E-state index in [1.54, 1.807) is 0 Å². The molecule has 0 saturated heterocycles. The second-order valence-electron chi connectivity index (χ2n) is 5.83. The van der Waals surface area contributed by atoms with Gasteiger partial charge in [0.15, 0.2) is 0 Å². The van der Waals surface area contributed by atoms with E-state index in [9.17, 15) is 0 Å². The Bertz CT molecular complexity index is 884. The van der Waals surface area contributed by atoms with Crippen LogP contribution in [0.25, 0.3) is 22.3 Å². The van der Waals surface area contributed by atoms with Gasteiger partial charge in [-0.3, -0.25) is 0 Å². The van der Waals surface area contributed by atoms with Gasteiger partial charge in [0.1, 0.15) is 11.5 Å². The van der Waals surface area contributed by atoms with Gasteiger partial charge in [0.05, 0.1) is 0 Å². The molecule has 0 fully saturated rings. The van der Waals surface area contributed by atoms with E-state index in [4.69, 9.17) is 4.74 Å². The van der Waals surface area contributed by atoms with Crippen LogP contribution in [0.3, 0.4) is 0 Å². The standard InChI is InChI=1S/C24H18O.K.H/c1-3-11-19(12-4-1)21-15-7-9-17-23(21)25-24-18-10-8-16-22(24)20-13-5-2-6-14-20;;/h1-18H;;. The molecule has 122 valence electrons. The molecule has 1 nitrogen and oxygen atoms in total. The molecule has 4 rings (SSSR count). The molecular weight excluding hydrogens is 343 g/mol. The van der Waals surface area contributed by atoms with Crippen LogP contribution in [0.5, 0.6) is 11.5 Å². The fraction of sp³-hybridized carbons (Fsp3) is 0. The summed E-state index contributed by atoms with van der Waals surface area (Å²) in [5, 5.41) is 0. The minimum Gasteiger partial charge on any atom is -0.456 e. The maximum atomic E-state index is 6.35. The number of ether oxygens (including phenoxy) is 1. The monoisotopic (exact) mass is 362 g/mol. The number of para-hydroxylation sites is 2. The summed E-state index contributed by atoms with van der Waals surface area (Å²) < 4.78 is 6.35. The number of benzene rings is 4. The summed E-state index contributed by atoms with van der Waals surface area (Å²) in [7, 11) is 0. The van der Waals surface area contributed by atoms with Crippen LogP contribution in [-0.2, 0) is 0 Å². The Labute approximate surface area is 197 Å². The Hall–Kier alpha value is -1.68. The summed E-state index contributed by atoms with van der Waals surface area (Å²) >= 11 is 0. The summed E-state index contributed by atoms with van der Waals surface area (Å²) in [4.78, 5) is 0. The molecule has 0 atom stereocenters. The molecule has 0 aliphatic rings. The summed E-state index contributed by atoms with van der Waals surface area (Å²) in [6, 6.07) is 37.0. The van der Waals surface area contributed by atoms with E-state index < -0.39 is 0 Å². The van der Waals surface area contributed by atoms with Crippen molar-refractivity contribution in [2.75, 3.05) is 0 Å². The summed E-state index contributed by atoms with van der Waals surface area (Å²) in [5.74, 6) is 1.72. The van der Waals surface area contributed by atoms with Crippen LogP contribution >= 0.6 is 0 Å². The molecule has 0 radical (unpaired) electrons.